The predicted molar refractivity (Wildman–Crippen MR) is 88.0 cm³/mol. The highest BCUT2D eigenvalue weighted by Crippen LogP contribution is 2.20. The molecule has 0 spiro atoms. The lowest BCUT2D eigenvalue weighted by Crippen LogP contribution is -2.53. The number of piperazine rings is 1. The number of hydrogen-bond acceptors (Lipinski definition) is 3. The van der Waals surface area contributed by atoms with Crippen molar-refractivity contribution in [2.75, 3.05) is 39.3 Å². The Morgan fingerprint density at radius 3 is 1.96 bits per heavy atom. The van der Waals surface area contributed by atoms with E-state index in [1.165, 1.54) is 16.4 Å². The number of carbonyl (C=O) groups excluding carboxylic acids is 1. The van der Waals surface area contributed by atoms with E-state index in [0.717, 1.165) is 25.9 Å². The van der Waals surface area contributed by atoms with Gasteiger partial charge < -0.3 is 9.80 Å². The van der Waals surface area contributed by atoms with Gasteiger partial charge in [0.15, 0.2) is 0 Å². The molecule has 3 rings (SSSR count). The van der Waals surface area contributed by atoms with Crippen molar-refractivity contribution in [3.63, 3.8) is 0 Å². The Kier molecular flexibility index (Phi) is 4.79. The summed E-state index contributed by atoms with van der Waals surface area (Å²) in [5, 5.41) is 0.505. The van der Waals surface area contributed by atoms with Gasteiger partial charge in [0.05, 0.1) is 4.90 Å². The molecule has 126 valence electrons. The van der Waals surface area contributed by atoms with Crippen LogP contribution in [0, 0.1) is 0 Å². The summed E-state index contributed by atoms with van der Waals surface area (Å²) in [7, 11) is -3.52. The van der Waals surface area contributed by atoms with Crippen LogP contribution in [0.4, 0.5) is 4.79 Å². The van der Waals surface area contributed by atoms with Gasteiger partial charge in [0.1, 0.15) is 0 Å². The monoisotopic (exact) mass is 357 g/mol. The lowest BCUT2D eigenvalue weighted by molar-refractivity contribution is 0.142. The number of halogens is 1. The quantitative estimate of drug-likeness (QED) is 0.811. The molecular weight excluding hydrogens is 338 g/mol. The molecule has 2 saturated heterocycles. The highest BCUT2D eigenvalue weighted by Gasteiger charge is 2.32. The van der Waals surface area contributed by atoms with Gasteiger partial charge in [-0.2, -0.15) is 4.31 Å². The summed E-state index contributed by atoms with van der Waals surface area (Å²) in [4.78, 5) is 16.2. The highest BCUT2D eigenvalue weighted by atomic mass is 35.5. The molecule has 2 aliphatic rings. The van der Waals surface area contributed by atoms with Crippen LogP contribution in [0.15, 0.2) is 29.2 Å². The summed E-state index contributed by atoms with van der Waals surface area (Å²) < 4.78 is 26.6. The Morgan fingerprint density at radius 2 is 1.39 bits per heavy atom. The topological polar surface area (TPSA) is 60.9 Å². The molecule has 0 N–H and O–H groups in total. The van der Waals surface area contributed by atoms with E-state index in [1.54, 1.807) is 17.0 Å². The number of rotatable bonds is 2. The van der Waals surface area contributed by atoms with Crippen molar-refractivity contribution in [2.45, 2.75) is 17.7 Å². The Bertz CT molecular complexity index is 664. The van der Waals surface area contributed by atoms with E-state index >= 15 is 0 Å². The summed E-state index contributed by atoms with van der Waals surface area (Å²) >= 11 is 5.81. The van der Waals surface area contributed by atoms with Gasteiger partial charge in [-0.3, -0.25) is 0 Å². The zero-order valence-electron chi connectivity index (χ0n) is 12.8. The maximum atomic E-state index is 12.6. The zero-order valence-corrected chi connectivity index (χ0v) is 14.4. The Balaban J connectivity index is 1.64. The lowest BCUT2D eigenvalue weighted by Gasteiger charge is -2.36. The summed E-state index contributed by atoms with van der Waals surface area (Å²) in [5.74, 6) is 0. The number of amides is 2. The van der Waals surface area contributed by atoms with Crippen LogP contribution in [0.3, 0.4) is 0 Å². The average Bonchev–Trinajstić information content (AvgIpc) is 3.09. The van der Waals surface area contributed by atoms with E-state index in [-0.39, 0.29) is 10.9 Å². The van der Waals surface area contributed by atoms with E-state index < -0.39 is 10.0 Å². The van der Waals surface area contributed by atoms with Crippen LogP contribution in [0.5, 0.6) is 0 Å². The first-order chi connectivity index (χ1) is 11.0. The molecule has 8 heteroatoms. The third-order valence-corrected chi connectivity index (χ3v) is 6.50. The Hall–Kier alpha value is -1.31. The minimum Gasteiger partial charge on any atom is -0.325 e. The fourth-order valence-corrected chi connectivity index (χ4v) is 4.53. The molecule has 0 aromatic heterocycles. The van der Waals surface area contributed by atoms with Gasteiger partial charge in [-0.05, 0) is 37.1 Å². The molecule has 0 atom stereocenters. The van der Waals surface area contributed by atoms with Gasteiger partial charge in [-0.1, -0.05) is 11.6 Å². The molecule has 2 amide bonds. The van der Waals surface area contributed by atoms with E-state index in [4.69, 9.17) is 11.6 Å². The van der Waals surface area contributed by atoms with Crippen molar-refractivity contribution in [3.05, 3.63) is 29.3 Å². The molecule has 0 bridgehead atoms. The number of benzene rings is 1. The minimum atomic E-state index is -3.52. The fourth-order valence-electron chi connectivity index (χ4n) is 2.98. The van der Waals surface area contributed by atoms with E-state index in [0.29, 0.717) is 31.2 Å². The largest absolute Gasteiger partial charge is 0.325 e. The molecule has 0 saturated carbocycles. The Morgan fingerprint density at radius 1 is 0.870 bits per heavy atom. The van der Waals surface area contributed by atoms with Gasteiger partial charge in [0.25, 0.3) is 0 Å². The Labute approximate surface area is 141 Å². The molecule has 1 aromatic carbocycles. The normalized spacial score (nSPS) is 20.0. The third-order valence-electron chi connectivity index (χ3n) is 4.34. The fraction of sp³-hybridized carbons (Fsp3) is 0.533. The second-order valence-electron chi connectivity index (χ2n) is 5.82. The van der Waals surface area contributed by atoms with E-state index in [1.807, 2.05) is 4.90 Å². The second kappa shape index (κ2) is 6.67. The number of nitrogens with zero attached hydrogens (tertiary/aromatic N) is 3. The lowest BCUT2D eigenvalue weighted by atomic mass is 10.4. The zero-order chi connectivity index (χ0) is 16.4. The summed E-state index contributed by atoms with van der Waals surface area (Å²) in [6.45, 7) is 3.13. The summed E-state index contributed by atoms with van der Waals surface area (Å²) in [6.07, 6.45) is 2.10. The van der Waals surface area contributed by atoms with Crippen molar-refractivity contribution in [3.8, 4) is 0 Å². The van der Waals surface area contributed by atoms with Crippen LogP contribution >= 0.6 is 11.6 Å². The molecule has 2 aliphatic heterocycles. The second-order valence-corrected chi connectivity index (χ2v) is 8.20. The number of sulfonamides is 1. The molecule has 0 radical (unpaired) electrons. The summed E-state index contributed by atoms with van der Waals surface area (Å²) in [6, 6.07) is 6.20. The number of urea groups is 1. The number of likely N-dealkylation sites (tertiary alicyclic amines) is 1. The van der Waals surface area contributed by atoms with Crippen molar-refractivity contribution in [1.82, 2.24) is 14.1 Å². The van der Waals surface area contributed by atoms with Crippen molar-refractivity contribution in [2.24, 2.45) is 0 Å². The minimum absolute atomic E-state index is 0.0334. The van der Waals surface area contributed by atoms with Gasteiger partial charge in [0.2, 0.25) is 10.0 Å². The molecule has 0 unspecified atom stereocenters. The number of carbonyl (C=O) groups is 1. The number of hydrogen-bond donors (Lipinski definition) is 0. The first kappa shape index (κ1) is 16.5. The van der Waals surface area contributed by atoms with Gasteiger partial charge in [-0.15, -0.1) is 0 Å². The molecule has 0 aliphatic carbocycles. The van der Waals surface area contributed by atoms with Crippen LogP contribution in [0.1, 0.15) is 12.8 Å². The van der Waals surface area contributed by atoms with Crippen LogP contribution < -0.4 is 0 Å². The van der Waals surface area contributed by atoms with Gasteiger partial charge in [0, 0.05) is 44.3 Å². The van der Waals surface area contributed by atoms with Crippen molar-refractivity contribution in [1.29, 1.82) is 0 Å². The molecule has 2 fully saturated rings. The van der Waals surface area contributed by atoms with Crippen LogP contribution in [-0.4, -0.2) is 67.8 Å². The SMILES string of the molecule is O=C(N1CCCC1)N1CCN(S(=O)(=O)c2ccc(Cl)cc2)CC1. The van der Waals surface area contributed by atoms with Gasteiger partial charge >= 0.3 is 6.03 Å². The van der Waals surface area contributed by atoms with Crippen molar-refractivity contribution < 1.29 is 13.2 Å². The molecule has 2 heterocycles. The predicted octanol–water partition coefficient (Wildman–Crippen LogP) is 1.86. The highest BCUT2D eigenvalue weighted by molar-refractivity contribution is 7.89. The summed E-state index contributed by atoms with van der Waals surface area (Å²) in [5.41, 5.74) is 0. The smallest absolute Gasteiger partial charge is 0.320 e. The molecule has 23 heavy (non-hydrogen) atoms. The molecular formula is C15H20ClN3O3S. The van der Waals surface area contributed by atoms with E-state index in [9.17, 15) is 13.2 Å². The van der Waals surface area contributed by atoms with E-state index in [2.05, 4.69) is 0 Å². The average molecular weight is 358 g/mol. The standard InChI is InChI=1S/C15H20ClN3O3S/c16-13-3-5-14(6-4-13)23(21,22)19-11-9-18(10-12-19)15(20)17-7-1-2-8-17/h3-6H,1-2,7-12H2. The molecule has 1 aromatic rings. The first-order valence-corrected chi connectivity index (χ1v) is 9.60. The van der Waals surface area contributed by atoms with Gasteiger partial charge in [-0.25, -0.2) is 13.2 Å². The molecule has 6 nitrogen and oxygen atoms in total. The maximum Gasteiger partial charge on any atom is 0.320 e. The third kappa shape index (κ3) is 3.46. The van der Waals surface area contributed by atoms with Crippen molar-refractivity contribution >= 4 is 27.7 Å². The van der Waals surface area contributed by atoms with Crippen LogP contribution in [-0.2, 0) is 10.0 Å². The van der Waals surface area contributed by atoms with Crippen LogP contribution in [0.25, 0.3) is 0 Å². The first-order valence-electron chi connectivity index (χ1n) is 7.78. The maximum absolute atomic E-state index is 12.6. The van der Waals surface area contributed by atoms with Crippen LogP contribution in [0.2, 0.25) is 5.02 Å².